The predicted octanol–water partition coefficient (Wildman–Crippen LogP) is 1.04. The van der Waals surface area contributed by atoms with Crippen LogP contribution in [-0.4, -0.2) is 93.5 Å². The van der Waals surface area contributed by atoms with Gasteiger partial charge in [-0.2, -0.15) is 0 Å². The average Bonchev–Trinajstić information content (AvgIpc) is 2.53. The molecule has 8 nitrogen and oxygen atoms in total. The standard InChI is InChI=1S/C16H35N5O3S.HI/c1-7-17-16(19(5)14-15(22)20(8-2)9-3)18-12-11-13-21(10-4)25(6,23)24;/h7-14H2,1-6H3,(H,17,18);1H. The lowest BCUT2D eigenvalue weighted by molar-refractivity contribution is -0.131. The first-order chi connectivity index (χ1) is 11.7. The first-order valence-electron chi connectivity index (χ1n) is 8.93. The molecule has 0 rings (SSSR count). The molecule has 1 amide bonds. The largest absolute Gasteiger partial charge is 0.357 e. The van der Waals surface area contributed by atoms with Gasteiger partial charge in [-0.05, 0) is 27.2 Å². The highest BCUT2D eigenvalue weighted by molar-refractivity contribution is 14.0. The molecule has 0 spiro atoms. The van der Waals surface area contributed by atoms with Crippen molar-refractivity contribution in [2.45, 2.75) is 34.1 Å². The molecule has 10 heteroatoms. The van der Waals surface area contributed by atoms with Crippen molar-refractivity contribution in [1.82, 2.24) is 19.4 Å². The number of sulfonamides is 1. The van der Waals surface area contributed by atoms with Gasteiger partial charge < -0.3 is 15.1 Å². The Morgan fingerprint density at radius 2 is 1.65 bits per heavy atom. The molecule has 0 radical (unpaired) electrons. The maximum Gasteiger partial charge on any atom is 0.242 e. The highest BCUT2D eigenvalue weighted by Gasteiger charge is 2.16. The Bertz CT molecular complexity index is 524. The van der Waals surface area contributed by atoms with Crippen LogP contribution in [0.4, 0.5) is 0 Å². The lowest BCUT2D eigenvalue weighted by Gasteiger charge is -2.25. The van der Waals surface area contributed by atoms with Crippen molar-refractivity contribution in [2.24, 2.45) is 4.99 Å². The molecular weight excluding hydrogens is 469 g/mol. The van der Waals surface area contributed by atoms with Gasteiger partial charge >= 0.3 is 0 Å². The fraction of sp³-hybridized carbons (Fsp3) is 0.875. The van der Waals surface area contributed by atoms with E-state index >= 15 is 0 Å². The van der Waals surface area contributed by atoms with E-state index in [0.29, 0.717) is 51.6 Å². The van der Waals surface area contributed by atoms with Gasteiger partial charge in [0.15, 0.2) is 5.96 Å². The van der Waals surface area contributed by atoms with Gasteiger partial charge in [0.25, 0.3) is 0 Å². The molecule has 0 unspecified atom stereocenters. The maximum atomic E-state index is 12.2. The first-order valence-corrected chi connectivity index (χ1v) is 10.8. The summed E-state index contributed by atoms with van der Waals surface area (Å²) in [4.78, 5) is 20.3. The minimum Gasteiger partial charge on any atom is -0.357 e. The third-order valence-corrected chi connectivity index (χ3v) is 5.21. The molecule has 1 N–H and O–H groups in total. The second-order valence-electron chi connectivity index (χ2n) is 5.77. The molecule has 0 saturated carbocycles. The van der Waals surface area contributed by atoms with Crippen molar-refractivity contribution >= 4 is 45.9 Å². The quantitative estimate of drug-likeness (QED) is 0.196. The SMILES string of the molecule is CCNC(=NCCCN(CC)S(C)(=O)=O)N(C)CC(=O)N(CC)CC.I. The number of guanidine groups is 1. The summed E-state index contributed by atoms with van der Waals surface area (Å²) in [5.41, 5.74) is 0. The molecule has 0 aromatic rings. The van der Waals surface area contributed by atoms with Gasteiger partial charge in [0.1, 0.15) is 0 Å². The Hall–Kier alpha value is -0.620. The second-order valence-corrected chi connectivity index (χ2v) is 7.75. The fourth-order valence-electron chi connectivity index (χ4n) is 2.41. The van der Waals surface area contributed by atoms with Crippen molar-refractivity contribution in [2.75, 3.05) is 59.1 Å². The summed E-state index contributed by atoms with van der Waals surface area (Å²) in [5, 5.41) is 3.17. The van der Waals surface area contributed by atoms with Crippen LogP contribution < -0.4 is 5.32 Å². The number of aliphatic imine (C=N–C) groups is 1. The van der Waals surface area contributed by atoms with E-state index in [1.54, 1.807) is 9.80 Å². The average molecular weight is 505 g/mol. The lowest BCUT2D eigenvalue weighted by atomic mass is 10.4. The third-order valence-electron chi connectivity index (χ3n) is 3.83. The molecule has 156 valence electrons. The Morgan fingerprint density at radius 1 is 1.08 bits per heavy atom. The Labute approximate surface area is 176 Å². The monoisotopic (exact) mass is 505 g/mol. The fourth-order valence-corrected chi connectivity index (χ4v) is 3.34. The summed E-state index contributed by atoms with van der Waals surface area (Å²) in [7, 11) is -1.33. The van der Waals surface area contributed by atoms with Crippen LogP contribution in [-0.2, 0) is 14.8 Å². The van der Waals surface area contributed by atoms with Gasteiger partial charge in [-0.25, -0.2) is 12.7 Å². The molecule has 0 aromatic carbocycles. The van der Waals surface area contributed by atoms with Crippen molar-refractivity contribution in [3.63, 3.8) is 0 Å². The second kappa shape index (κ2) is 14.4. The molecular formula is C16H36IN5O3S. The van der Waals surface area contributed by atoms with Crippen LogP contribution in [0.5, 0.6) is 0 Å². The molecule has 0 aliphatic heterocycles. The van der Waals surface area contributed by atoms with Gasteiger partial charge in [-0.3, -0.25) is 9.79 Å². The molecule has 26 heavy (non-hydrogen) atoms. The Morgan fingerprint density at radius 3 is 2.08 bits per heavy atom. The third kappa shape index (κ3) is 10.5. The van der Waals surface area contributed by atoms with E-state index in [1.165, 1.54) is 10.6 Å². The smallest absolute Gasteiger partial charge is 0.242 e. The van der Waals surface area contributed by atoms with Gasteiger partial charge in [0.05, 0.1) is 12.8 Å². The van der Waals surface area contributed by atoms with Gasteiger partial charge in [0.2, 0.25) is 15.9 Å². The zero-order valence-electron chi connectivity index (χ0n) is 17.0. The number of likely N-dealkylation sites (N-methyl/N-ethyl adjacent to an activating group) is 2. The van der Waals surface area contributed by atoms with E-state index < -0.39 is 10.0 Å². The number of carbonyl (C=O) groups excluding carboxylic acids is 1. The number of carbonyl (C=O) groups is 1. The molecule has 0 aromatic heterocycles. The van der Waals surface area contributed by atoms with Crippen LogP contribution in [0.3, 0.4) is 0 Å². The topological polar surface area (TPSA) is 85.3 Å². The molecule has 0 fully saturated rings. The van der Waals surface area contributed by atoms with Crippen molar-refractivity contribution in [3.8, 4) is 0 Å². The number of amides is 1. The first kappa shape index (κ1) is 27.6. The predicted molar refractivity (Wildman–Crippen MR) is 119 cm³/mol. The van der Waals surface area contributed by atoms with E-state index in [0.717, 1.165) is 0 Å². The lowest BCUT2D eigenvalue weighted by Crippen LogP contribution is -2.45. The van der Waals surface area contributed by atoms with Crippen LogP contribution in [0.1, 0.15) is 34.1 Å². The number of rotatable bonds is 11. The number of nitrogens with zero attached hydrogens (tertiary/aromatic N) is 4. The summed E-state index contributed by atoms with van der Waals surface area (Å²) in [6, 6.07) is 0. The zero-order valence-corrected chi connectivity index (χ0v) is 20.1. The van der Waals surface area contributed by atoms with Crippen molar-refractivity contribution < 1.29 is 13.2 Å². The van der Waals surface area contributed by atoms with E-state index in [2.05, 4.69) is 10.3 Å². The van der Waals surface area contributed by atoms with E-state index in [4.69, 9.17) is 0 Å². The van der Waals surface area contributed by atoms with E-state index in [1.807, 2.05) is 34.7 Å². The molecule has 0 aliphatic rings. The van der Waals surface area contributed by atoms with Crippen molar-refractivity contribution in [3.05, 3.63) is 0 Å². The molecule has 0 heterocycles. The van der Waals surface area contributed by atoms with Gasteiger partial charge in [-0.15, -0.1) is 24.0 Å². The summed E-state index contributed by atoms with van der Waals surface area (Å²) < 4.78 is 24.6. The number of nitrogens with one attached hydrogen (secondary N) is 1. The van der Waals surface area contributed by atoms with Crippen LogP contribution in [0.25, 0.3) is 0 Å². The summed E-state index contributed by atoms with van der Waals surface area (Å²) in [6.45, 7) is 11.5. The van der Waals surface area contributed by atoms with E-state index in [9.17, 15) is 13.2 Å². The number of hydrogen-bond acceptors (Lipinski definition) is 4. The Balaban J connectivity index is 0. The number of halogens is 1. The molecule has 0 bridgehead atoms. The normalized spacial score (nSPS) is 11.9. The number of hydrogen-bond donors (Lipinski definition) is 1. The van der Waals surface area contributed by atoms with E-state index in [-0.39, 0.29) is 36.4 Å². The minimum atomic E-state index is -3.16. The zero-order chi connectivity index (χ0) is 19.5. The summed E-state index contributed by atoms with van der Waals surface area (Å²) in [5.74, 6) is 0.720. The minimum absolute atomic E-state index is 0. The van der Waals surface area contributed by atoms with Crippen LogP contribution in [0.2, 0.25) is 0 Å². The van der Waals surface area contributed by atoms with Crippen LogP contribution in [0, 0.1) is 0 Å². The van der Waals surface area contributed by atoms with Crippen LogP contribution in [0.15, 0.2) is 4.99 Å². The maximum absolute atomic E-state index is 12.2. The molecule has 0 saturated heterocycles. The van der Waals surface area contributed by atoms with Gasteiger partial charge in [0, 0.05) is 46.3 Å². The Kier molecular flexibility index (Phi) is 15.3. The van der Waals surface area contributed by atoms with Gasteiger partial charge in [-0.1, -0.05) is 6.92 Å². The molecule has 0 aliphatic carbocycles. The summed E-state index contributed by atoms with van der Waals surface area (Å²) in [6.07, 6.45) is 1.85. The molecule has 0 atom stereocenters. The summed E-state index contributed by atoms with van der Waals surface area (Å²) >= 11 is 0. The van der Waals surface area contributed by atoms with Crippen LogP contribution >= 0.6 is 24.0 Å². The highest BCUT2D eigenvalue weighted by atomic mass is 127. The van der Waals surface area contributed by atoms with Crippen molar-refractivity contribution in [1.29, 1.82) is 0 Å². The highest BCUT2D eigenvalue weighted by Crippen LogP contribution is 2.00.